The maximum atomic E-state index is 12.1. The van der Waals surface area contributed by atoms with Crippen molar-refractivity contribution >= 4 is 23.2 Å². The SMILES string of the molecule is CC(NC(=S)NC1CCCC1)C(=O)N1CCCC1. The Morgan fingerprint density at radius 3 is 2.44 bits per heavy atom. The maximum absolute atomic E-state index is 12.1. The predicted octanol–water partition coefficient (Wildman–Crippen LogP) is 1.40. The molecule has 2 rings (SSSR count). The van der Waals surface area contributed by atoms with E-state index in [2.05, 4.69) is 10.6 Å². The molecule has 1 aliphatic heterocycles. The van der Waals surface area contributed by atoms with Crippen LogP contribution < -0.4 is 10.6 Å². The fourth-order valence-corrected chi connectivity index (χ4v) is 3.11. The van der Waals surface area contributed by atoms with E-state index in [4.69, 9.17) is 12.2 Å². The summed E-state index contributed by atoms with van der Waals surface area (Å²) in [6.07, 6.45) is 7.20. The second-order valence-corrected chi connectivity index (χ2v) is 5.76. The number of amides is 1. The molecule has 102 valence electrons. The topological polar surface area (TPSA) is 44.4 Å². The Kier molecular flexibility index (Phi) is 4.80. The number of carbonyl (C=O) groups excluding carboxylic acids is 1. The molecule has 0 bridgehead atoms. The van der Waals surface area contributed by atoms with E-state index in [1.54, 1.807) is 0 Å². The molecule has 2 fully saturated rings. The van der Waals surface area contributed by atoms with Crippen LogP contribution in [0.2, 0.25) is 0 Å². The number of hydrogen-bond acceptors (Lipinski definition) is 2. The second kappa shape index (κ2) is 6.36. The molecule has 1 aliphatic carbocycles. The molecule has 18 heavy (non-hydrogen) atoms. The quantitative estimate of drug-likeness (QED) is 0.760. The van der Waals surface area contributed by atoms with Gasteiger partial charge in [-0.3, -0.25) is 4.79 Å². The van der Waals surface area contributed by atoms with E-state index in [-0.39, 0.29) is 11.9 Å². The lowest BCUT2D eigenvalue weighted by Gasteiger charge is -2.23. The molecule has 1 unspecified atom stereocenters. The first-order valence-electron chi connectivity index (χ1n) is 7.02. The van der Waals surface area contributed by atoms with E-state index in [0.29, 0.717) is 11.2 Å². The summed E-state index contributed by atoms with van der Waals surface area (Å²) in [5.74, 6) is 0.170. The Labute approximate surface area is 114 Å². The van der Waals surface area contributed by atoms with E-state index in [0.717, 1.165) is 25.9 Å². The van der Waals surface area contributed by atoms with Gasteiger partial charge in [-0.25, -0.2) is 0 Å². The minimum atomic E-state index is -0.218. The van der Waals surface area contributed by atoms with Gasteiger partial charge in [0.15, 0.2) is 5.11 Å². The van der Waals surface area contributed by atoms with Crippen LogP contribution >= 0.6 is 12.2 Å². The van der Waals surface area contributed by atoms with Crippen LogP contribution in [0.15, 0.2) is 0 Å². The van der Waals surface area contributed by atoms with Gasteiger partial charge in [-0.05, 0) is 44.8 Å². The highest BCUT2D eigenvalue weighted by Gasteiger charge is 2.24. The fraction of sp³-hybridized carbons (Fsp3) is 0.846. The number of hydrogen-bond donors (Lipinski definition) is 2. The Balaban J connectivity index is 1.73. The number of carbonyl (C=O) groups is 1. The van der Waals surface area contributed by atoms with Gasteiger partial charge in [0.05, 0.1) is 0 Å². The fourth-order valence-electron chi connectivity index (χ4n) is 2.77. The summed E-state index contributed by atoms with van der Waals surface area (Å²) in [5, 5.41) is 7.04. The summed E-state index contributed by atoms with van der Waals surface area (Å²) < 4.78 is 0. The predicted molar refractivity (Wildman–Crippen MR) is 76.4 cm³/mol. The minimum absolute atomic E-state index is 0.170. The van der Waals surface area contributed by atoms with Crippen molar-refractivity contribution < 1.29 is 4.79 Å². The summed E-state index contributed by atoms with van der Waals surface area (Å²) in [4.78, 5) is 14.0. The summed E-state index contributed by atoms with van der Waals surface area (Å²) in [7, 11) is 0. The van der Waals surface area contributed by atoms with Gasteiger partial charge in [0.2, 0.25) is 5.91 Å². The number of nitrogens with zero attached hydrogens (tertiary/aromatic N) is 1. The van der Waals surface area contributed by atoms with E-state index < -0.39 is 0 Å². The largest absolute Gasteiger partial charge is 0.360 e. The van der Waals surface area contributed by atoms with Crippen LogP contribution in [0, 0.1) is 0 Å². The molecule has 2 N–H and O–H groups in total. The molecule has 2 aliphatic rings. The third-order valence-electron chi connectivity index (χ3n) is 3.83. The Morgan fingerprint density at radius 2 is 1.83 bits per heavy atom. The van der Waals surface area contributed by atoms with Crippen molar-refractivity contribution in [1.82, 2.24) is 15.5 Å². The summed E-state index contributed by atoms with van der Waals surface area (Å²) in [5.41, 5.74) is 0. The van der Waals surface area contributed by atoms with Crippen LogP contribution in [-0.2, 0) is 4.79 Å². The van der Waals surface area contributed by atoms with Crippen LogP contribution in [0.5, 0.6) is 0 Å². The lowest BCUT2D eigenvalue weighted by atomic mass is 10.2. The van der Waals surface area contributed by atoms with Crippen molar-refractivity contribution in [1.29, 1.82) is 0 Å². The molecule has 1 atom stereocenters. The lowest BCUT2D eigenvalue weighted by molar-refractivity contribution is -0.131. The van der Waals surface area contributed by atoms with Gasteiger partial charge in [-0.2, -0.15) is 0 Å². The molecule has 1 heterocycles. The Morgan fingerprint density at radius 1 is 1.22 bits per heavy atom. The second-order valence-electron chi connectivity index (χ2n) is 5.35. The van der Waals surface area contributed by atoms with Gasteiger partial charge in [-0.15, -0.1) is 0 Å². The number of likely N-dealkylation sites (tertiary alicyclic amines) is 1. The van der Waals surface area contributed by atoms with E-state index >= 15 is 0 Å². The monoisotopic (exact) mass is 269 g/mol. The smallest absolute Gasteiger partial charge is 0.244 e. The molecule has 0 aromatic carbocycles. The van der Waals surface area contributed by atoms with Crippen molar-refractivity contribution in [2.24, 2.45) is 0 Å². The van der Waals surface area contributed by atoms with Gasteiger partial charge in [0, 0.05) is 19.1 Å². The van der Waals surface area contributed by atoms with E-state index in [9.17, 15) is 4.79 Å². The molecule has 0 aromatic rings. The first-order chi connectivity index (χ1) is 8.66. The van der Waals surface area contributed by atoms with Gasteiger partial charge >= 0.3 is 0 Å². The Hall–Kier alpha value is -0.840. The van der Waals surface area contributed by atoms with Crippen LogP contribution in [0.4, 0.5) is 0 Å². The number of thiocarbonyl (C=S) groups is 1. The van der Waals surface area contributed by atoms with Crippen LogP contribution in [0.25, 0.3) is 0 Å². The highest BCUT2D eigenvalue weighted by molar-refractivity contribution is 7.80. The van der Waals surface area contributed by atoms with E-state index in [1.807, 2.05) is 11.8 Å². The molecule has 0 aromatic heterocycles. The van der Waals surface area contributed by atoms with Gasteiger partial charge in [0.25, 0.3) is 0 Å². The zero-order chi connectivity index (χ0) is 13.0. The number of rotatable bonds is 3. The first kappa shape index (κ1) is 13.6. The van der Waals surface area contributed by atoms with Gasteiger partial charge in [-0.1, -0.05) is 12.8 Å². The zero-order valence-electron chi connectivity index (χ0n) is 11.1. The minimum Gasteiger partial charge on any atom is -0.360 e. The maximum Gasteiger partial charge on any atom is 0.244 e. The summed E-state index contributed by atoms with van der Waals surface area (Å²) >= 11 is 5.27. The third-order valence-corrected chi connectivity index (χ3v) is 4.06. The van der Waals surface area contributed by atoms with Gasteiger partial charge < -0.3 is 15.5 Å². The lowest BCUT2D eigenvalue weighted by Crippen LogP contribution is -2.50. The van der Waals surface area contributed by atoms with Crippen molar-refractivity contribution in [3.05, 3.63) is 0 Å². The average molecular weight is 269 g/mol. The molecule has 1 amide bonds. The average Bonchev–Trinajstić information content (AvgIpc) is 2.99. The number of nitrogens with one attached hydrogen (secondary N) is 2. The van der Waals surface area contributed by atoms with Crippen molar-refractivity contribution in [3.63, 3.8) is 0 Å². The van der Waals surface area contributed by atoms with Crippen LogP contribution in [-0.4, -0.2) is 41.1 Å². The van der Waals surface area contributed by atoms with Crippen molar-refractivity contribution in [2.45, 2.75) is 57.5 Å². The van der Waals surface area contributed by atoms with Crippen molar-refractivity contribution in [2.75, 3.05) is 13.1 Å². The highest BCUT2D eigenvalue weighted by atomic mass is 32.1. The molecule has 0 spiro atoms. The van der Waals surface area contributed by atoms with Gasteiger partial charge in [0.1, 0.15) is 6.04 Å². The first-order valence-corrected chi connectivity index (χ1v) is 7.43. The molecule has 0 radical (unpaired) electrons. The molecule has 4 nitrogen and oxygen atoms in total. The summed E-state index contributed by atoms with van der Waals surface area (Å²) in [6.45, 7) is 3.69. The molecular weight excluding hydrogens is 246 g/mol. The molecule has 5 heteroatoms. The highest BCUT2D eigenvalue weighted by Crippen LogP contribution is 2.17. The molecule has 1 saturated heterocycles. The molecule has 1 saturated carbocycles. The standard InChI is InChI=1S/C13H23N3OS/c1-10(12(17)16-8-4-5-9-16)14-13(18)15-11-6-2-3-7-11/h10-11H,2-9H2,1H3,(H2,14,15,18). The van der Waals surface area contributed by atoms with Crippen molar-refractivity contribution in [3.8, 4) is 0 Å². The normalized spacial score (nSPS) is 21.9. The Bertz CT molecular complexity index is 309. The zero-order valence-corrected chi connectivity index (χ0v) is 11.9. The molecular formula is C13H23N3OS. The van der Waals surface area contributed by atoms with Crippen LogP contribution in [0.1, 0.15) is 45.4 Å². The third kappa shape index (κ3) is 3.57. The summed E-state index contributed by atoms with van der Waals surface area (Å²) in [6, 6.07) is 0.281. The van der Waals surface area contributed by atoms with Crippen LogP contribution in [0.3, 0.4) is 0 Å². The van der Waals surface area contributed by atoms with E-state index in [1.165, 1.54) is 25.7 Å².